The molecule has 1 aliphatic carbocycles. The van der Waals surface area contributed by atoms with Gasteiger partial charge >= 0.3 is 0 Å². The Balaban J connectivity index is 1.47. The lowest BCUT2D eigenvalue weighted by molar-refractivity contribution is -0.206. The Bertz CT molecular complexity index is 731. The van der Waals surface area contributed by atoms with Crippen LogP contribution in [0.2, 0.25) is 0 Å². The van der Waals surface area contributed by atoms with Crippen molar-refractivity contribution >= 4 is 11.9 Å². The van der Waals surface area contributed by atoms with Crippen molar-refractivity contribution < 1.29 is 14.3 Å². The van der Waals surface area contributed by atoms with E-state index >= 15 is 0 Å². The topological polar surface area (TPSA) is 35.5 Å². The summed E-state index contributed by atoms with van der Waals surface area (Å²) in [6.45, 7) is 9.20. The fourth-order valence-electron chi connectivity index (χ4n) is 5.06. The minimum absolute atomic E-state index is 0.160. The van der Waals surface area contributed by atoms with Gasteiger partial charge in [-0.05, 0) is 63.8 Å². The molecule has 1 aromatic rings. The largest absolute Gasteiger partial charge is 0.494 e. The second-order valence-electron chi connectivity index (χ2n) is 9.85. The number of ether oxygens (including phenoxy) is 2. The molecular weight excluding hydrogens is 372 g/mol. The van der Waals surface area contributed by atoms with Gasteiger partial charge in [-0.2, -0.15) is 0 Å². The van der Waals surface area contributed by atoms with Crippen LogP contribution >= 0.6 is 0 Å². The summed E-state index contributed by atoms with van der Waals surface area (Å²) in [4.78, 5) is 13.0. The zero-order chi connectivity index (χ0) is 21.6. The first-order valence-electron chi connectivity index (χ1n) is 12.1. The molecule has 3 nitrogen and oxygen atoms in total. The van der Waals surface area contributed by atoms with Crippen molar-refractivity contribution in [3.8, 4) is 5.75 Å². The average Bonchev–Trinajstić information content (AvgIpc) is 2.70. The molecule has 1 aromatic carbocycles. The summed E-state index contributed by atoms with van der Waals surface area (Å²) < 4.78 is 12.1. The van der Waals surface area contributed by atoms with Gasteiger partial charge in [0, 0.05) is 11.5 Å². The van der Waals surface area contributed by atoms with Gasteiger partial charge in [-0.1, -0.05) is 64.0 Å². The number of fused-ring (bicyclic) bond motifs is 3. The molecular formula is C27H40O3. The van der Waals surface area contributed by atoms with E-state index in [1.54, 1.807) is 0 Å². The first-order valence-corrected chi connectivity index (χ1v) is 12.1. The van der Waals surface area contributed by atoms with Crippen molar-refractivity contribution in [3.63, 3.8) is 0 Å². The highest BCUT2D eigenvalue weighted by molar-refractivity contribution is 6.07. The maximum Gasteiger partial charge on any atom is 0.190 e. The van der Waals surface area contributed by atoms with Crippen LogP contribution in [0.25, 0.3) is 6.08 Å². The molecule has 0 aromatic heterocycles. The van der Waals surface area contributed by atoms with E-state index in [-0.39, 0.29) is 17.3 Å². The van der Waals surface area contributed by atoms with Crippen LogP contribution in [0.1, 0.15) is 97.5 Å². The number of hydrogen-bond acceptors (Lipinski definition) is 3. The van der Waals surface area contributed by atoms with Gasteiger partial charge in [0.25, 0.3) is 0 Å². The van der Waals surface area contributed by atoms with E-state index < -0.39 is 5.60 Å². The monoisotopic (exact) mass is 412 g/mol. The number of ketones is 1. The predicted molar refractivity (Wildman–Crippen MR) is 124 cm³/mol. The number of carbonyl (C=O) groups is 1. The zero-order valence-corrected chi connectivity index (χ0v) is 19.5. The molecule has 2 bridgehead atoms. The number of hydrogen-bond donors (Lipinski definition) is 0. The summed E-state index contributed by atoms with van der Waals surface area (Å²) >= 11 is 0. The van der Waals surface area contributed by atoms with Crippen molar-refractivity contribution in [3.05, 3.63) is 35.4 Å². The van der Waals surface area contributed by atoms with Crippen molar-refractivity contribution in [2.75, 3.05) is 6.61 Å². The summed E-state index contributed by atoms with van der Waals surface area (Å²) in [5.74, 6) is 1.24. The van der Waals surface area contributed by atoms with Gasteiger partial charge in [-0.3, -0.25) is 4.79 Å². The van der Waals surface area contributed by atoms with E-state index in [9.17, 15) is 4.79 Å². The Labute approximate surface area is 183 Å². The number of Topliss-reactive ketones (excluding diaryl/α,β-unsaturated/α-hetero) is 1. The summed E-state index contributed by atoms with van der Waals surface area (Å²) in [5, 5.41) is 0. The first kappa shape index (κ1) is 23.1. The first-order chi connectivity index (χ1) is 14.4. The number of rotatable bonds is 11. The van der Waals surface area contributed by atoms with E-state index in [4.69, 9.17) is 9.47 Å². The average molecular weight is 413 g/mol. The summed E-state index contributed by atoms with van der Waals surface area (Å²) in [6, 6.07) is 8.15. The molecule has 2 saturated heterocycles. The molecule has 0 spiro atoms. The number of carbonyl (C=O) groups excluding carboxylic acids is 1. The van der Waals surface area contributed by atoms with Crippen LogP contribution in [-0.4, -0.2) is 23.6 Å². The molecule has 166 valence electrons. The summed E-state index contributed by atoms with van der Waals surface area (Å²) in [6.07, 6.45) is 14.4. The second kappa shape index (κ2) is 10.1. The Morgan fingerprint density at radius 3 is 2.27 bits per heavy atom. The summed E-state index contributed by atoms with van der Waals surface area (Å²) in [7, 11) is 0. The Morgan fingerprint density at radius 1 is 1.00 bits per heavy atom. The van der Waals surface area contributed by atoms with Crippen LogP contribution in [0.4, 0.5) is 0 Å². The highest BCUT2D eigenvalue weighted by Gasteiger charge is 2.56. The smallest absolute Gasteiger partial charge is 0.190 e. The van der Waals surface area contributed by atoms with Crippen LogP contribution in [0.3, 0.4) is 0 Å². The van der Waals surface area contributed by atoms with Gasteiger partial charge in [0.15, 0.2) is 5.78 Å². The van der Waals surface area contributed by atoms with Crippen molar-refractivity contribution in [2.24, 2.45) is 5.92 Å². The molecule has 2 atom stereocenters. The molecule has 3 fully saturated rings. The summed E-state index contributed by atoms with van der Waals surface area (Å²) in [5.41, 5.74) is 1.03. The van der Waals surface area contributed by atoms with E-state index in [0.29, 0.717) is 0 Å². The molecule has 1 saturated carbocycles. The van der Waals surface area contributed by atoms with Crippen LogP contribution in [0.5, 0.6) is 5.75 Å². The molecule has 0 amide bonds. The van der Waals surface area contributed by atoms with E-state index in [1.165, 1.54) is 44.9 Å². The fourth-order valence-corrected chi connectivity index (χ4v) is 5.06. The van der Waals surface area contributed by atoms with Crippen molar-refractivity contribution in [2.45, 2.75) is 103 Å². The lowest BCUT2D eigenvalue weighted by Gasteiger charge is -2.53. The van der Waals surface area contributed by atoms with E-state index in [1.807, 2.05) is 19.1 Å². The third kappa shape index (κ3) is 5.55. The van der Waals surface area contributed by atoms with Crippen LogP contribution in [0.15, 0.2) is 29.8 Å². The molecule has 4 rings (SSSR count). The number of benzene rings is 1. The van der Waals surface area contributed by atoms with Gasteiger partial charge < -0.3 is 9.47 Å². The highest BCUT2D eigenvalue weighted by atomic mass is 16.5. The molecule has 30 heavy (non-hydrogen) atoms. The van der Waals surface area contributed by atoms with Gasteiger partial charge in [0.05, 0.1) is 12.2 Å². The maximum absolute atomic E-state index is 13.0. The lowest BCUT2D eigenvalue weighted by Crippen LogP contribution is -2.60. The Hall–Kier alpha value is -1.61. The van der Waals surface area contributed by atoms with Gasteiger partial charge in [0.2, 0.25) is 0 Å². The zero-order valence-electron chi connectivity index (χ0n) is 19.5. The van der Waals surface area contributed by atoms with Gasteiger partial charge in [0.1, 0.15) is 11.4 Å². The minimum Gasteiger partial charge on any atom is -0.494 e. The Kier molecular flexibility index (Phi) is 7.79. The third-order valence-electron chi connectivity index (χ3n) is 6.82. The van der Waals surface area contributed by atoms with E-state index in [0.717, 1.165) is 42.8 Å². The lowest BCUT2D eigenvalue weighted by atomic mass is 9.65. The van der Waals surface area contributed by atoms with Crippen molar-refractivity contribution in [1.29, 1.82) is 0 Å². The molecule has 2 aliphatic heterocycles. The predicted octanol–water partition coefficient (Wildman–Crippen LogP) is 7.14. The third-order valence-corrected chi connectivity index (χ3v) is 6.82. The fraction of sp³-hybridized carbons (Fsp3) is 0.667. The van der Waals surface area contributed by atoms with Gasteiger partial charge in [-0.25, -0.2) is 0 Å². The van der Waals surface area contributed by atoms with Crippen LogP contribution in [0, 0.1) is 5.92 Å². The highest BCUT2D eigenvalue weighted by Crippen LogP contribution is 2.50. The molecule has 3 aliphatic rings. The van der Waals surface area contributed by atoms with Gasteiger partial charge in [-0.15, -0.1) is 0 Å². The van der Waals surface area contributed by atoms with Crippen LogP contribution < -0.4 is 4.74 Å². The Morgan fingerprint density at radius 2 is 1.63 bits per heavy atom. The number of unbranched alkanes of at least 4 members (excludes halogenated alkanes) is 7. The van der Waals surface area contributed by atoms with Crippen LogP contribution in [-0.2, 0) is 9.53 Å². The molecule has 0 N–H and O–H groups in total. The molecule has 2 unspecified atom stereocenters. The van der Waals surface area contributed by atoms with E-state index in [2.05, 4.69) is 39.0 Å². The maximum atomic E-state index is 13.0. The minimum atomic E-state index is -0.664. The SMILES string of the molecule is CCCCCCCCCCOc1ccc(/C=C2\C(=O)C3(C)CCC2C(C)(C)O3)cc1. The normalized spacial score (nSPS) is 26.3. The second-order valence-corrected chi connectivity index (χ2v) is 9.85. The van der Waals surface area contributed by atoms with Crippen molar-refractivity contribution in [1.82, 2.24) is 0 Å². The molecule has 2 heterocycles. The molecule has 3 heteroatoms. The quantitative estimate of drug-likeness (QED) is 0.286. The standard InChI is InChI=1S/C27H40O3/c1-5-6-7-8-9-10-11-12-19-29-22-15-13-21(14-16-22)20-23-24-17-18-27(4,25(23)28)30-26(24,2)3/h13-16,20,24H,5-12,17-19H2,1-4H3/b23-20-. The molecule has 0 radical (unpaired) electrons.